The molecule has 104 valence electrons. The highest BCUT2D eigenvalue weighted by molar-refractivity contribution is 14.1. The molecule has 0 aliphatic carbocycles. The van der Waals surface area contributed by atoms with Crippen LogP contribution in [-0.2, 0) is 6.18 Å². The van der Waals surface area contributed by atoms with Crippen LogP contribution in [0.25, 0.3) is 0 Å². The minimum Gasteiger partial charge on any atom is -0.307 e. The number of alkyl halides is 3. The maximum atomic E-state index is 12.6. The van der Waals surface area contributed by atoms with Gasteiger partial charge in [0.25, 0.3) is 5.91 Å². The number of pyridine rings is 1. The molecule has 3 nitrogen and oxygen atoms in total. The van der Waals surface area contributed by atoms with E-state index in [1.54, 1.807) is 18.3 Å². The smallest absolute Gasteiger partial charge is 0.307 e. The highest BCUT2D eigenvalue weighted by atomic mass is 127. The van der Waals surface area contributed by atoms with Gasteiger partial charge in [-0.15, -0.1) is 0 Å². The highest BCUT2D eigenvalue weighted by Gasteiger charge is 2.30. The Morgan fingerprint density at radius 1 is 1.20 bits per heavy atom. The fraction of sp³-hybridized carbons (Fsp3) is 0.0769. The quantitative estimate of drug-likeness (QED) is 0.787. The van der Waals surface area contributed by atoms with Crippen LogP contribution in [0.3, 0.4) is 0 Å². The molecule has 0 bridgehead atoms. The van der Waals surface area contributed by atoms with Crippen molar-refractivity contribution in [1.29, 1.82) is 0 Å². The van der Waals surface area contributed by atoms with Gasteiger partial charge in [0.05, 0.1) is 5.56 Å². The van der Waals surface area contributed by atoms with Gasteiger partial charge in [-0.05, 0) is 52.9 Å². The van der Waals surface area contributed by atoms with Gasteiger partial charge in [0.1, 0.15) is 5.82 Å². The average Bonchev–Trinajstić information content (AvgIpc) is 2.40. The molecular formula is C13H8F3IN2O. The Labute approximate surface area is 126 Å². The maximum absolute atomic E-state index is 12.6. The van der Waals surface area contributed by atoms with Crippen molar-refractivity contribution in [3.63, 3.8) is 0 Å². The molecule has 0 radical (unpaired) electrons. The number of nitrogens with one attached hydrogen (secondary N) is 1. The van der Waals surface area contributed by atoms with Gasteiger partial charge < -0.3 is 5.32 Å². The summed E-state index contributed by atoms with van der Waals surface area (Å²) in [5, 5.41) is 2.44. The molecule has 2 rings (SSSR count). The lowest BCUT2D eigenvalue weighted by molar-refractivity contribution is -0.137. The molecule has 2 aromatic rings. The summed E-state index contributed by atoms with van der Waals surface area (Å²) in [6.45, 7) is 0. The summed E-state index contributed by atoms with van der Waals surface area (Å²) in [5.41, 5.74) is -0.930. The van der Waals surface area contributed by atoms with Crippen LogP contribution in [0.2, 0.25) is 0 Å². The Morgan fingerprint density at radius 3 is 2.55 bits per heavy atom. The summed E-state index contributed by atoms with van der Waals surface area (Å²) >= 11 is 2.05. The van der Waals surface area contributed by atoms with Crippen LogP contribution in [0, 0.1) is 3.57 Å². The molecule has 0 unspecified atom stereocenters. The Kier molecular flexibility index (Phi) is 4.26. The molecule has 0 atom stereocenters. The van der Waals surface area contributed by atoms with E-state index in [0.29, 0.717) is 0 Å². The molecule has 1 aromatic heterocycles. The first-order chi connectivity index (χ1) is 9.36. The van der Waals surface area contributed by atoms with Crippen molar-refractivity contribution in [2.45, 2.75) is 6.18 Å². The summed E-state index contributed by atoms with van der Waals surface area (Å²) in [4.78, 5) is 15.8. The molecule has 0 saturated heterocycles. The predicted octanol–water partition coefficient (Wildman–Crippen LogP) is 3.96. The standard InChI is InChI=1S/C13H8F3IN2O/c14-13(15,16)9-3-1-2-8(6-9)12(20)19-11-5-4-10(17)7-18-11/h1-7H,(H,18,19,20). The zero-order valence-corrected chi connectivity index (χ0v) is 12.1. The van der Waals surface area contributed by atoms with Gasteiger partial charge in [0.15, 0.2) is 0 Å². The van der Waals surface area contributed by atoms with Gasteiger partial charge in [0.2, 0.25) is 0 Å². The second-order valence-electron chi connectivity index (χ2n) is 3.89. The lowest BCUT2D eigenvalue weighted by Gasteiger charge is -2.09. The second-order valence-corrected chi connectivity index (χ2v) is 5.14. The number of halogens is 4. The summed E-state index contributed by atoms with van der Waals surface area (Å²) in [6, 6.07) is 7.54. The molecule has 20 heavy (non-hydrogen) atoms. The first-order valence-electron chi connectivity index (χ1n) is 5.46. The van der Waals surface area contributed by atoms with E-state index in [1.165, 1.54) is 12.1 Å². The fourth-order valence-corrected chi connectivity index (χ4v) is 1.79. The van der Waals surface area contributed by atoms with E-state index in [1.807, 2.05) is 0 Å². The molecule has 1 heterocycles. The number of aromatic nitrogens is 1. The fourth-order valence-electron chi connectivity index (χ4n) is 1.48. The van der Waals surface area contributed by atoms with Gasteiger partial charge in [0, 0.05) is 15.3 Å². The lowest BCUT2D eigenvalue weighted by atomic mass is 10.1. The van der Waals surface area contributed by atoms with Crippen LogP contribution >= 0.6 is 22.6 Å². The number of hydrogen-bond donors (Lipinski definition) is 1. The van der Waals surface area contributed by atoms with Crippen molar-refractivity contribution in [2.24, 2.45) is 0 Å². The van der Waals surface area contributed by atoms with Crippen LogP contribution in [-0.4, -0.2) is 10.9 Å². The molecule has 0 aliphatic heterocycles. The van der Waals surface area contributed by atoms with Crippen molar-refractivity contribution in [3.05, 3.63) is 57.3 Å². The van der Waals surface area contributed by atoms with E-state index >= 15 is 0 Å². The molecule has 0 spiro atoms. The highest BCUT2D eigenvalue weighted by Crippen LogP contribution is 2.29. The molecule has 0 saturated carbocycles. The number of carbonyl (C=O) groups excluding carboxylic acids is 1. The van der Waals surface area contributed by atoms with E-state index in [9.17, 15) is 18.0 Å². The van der Waals surface area contributed by atoms with Crippen molar-refractivity contribution in [3.8, 4) is 0 Å². The van der Waals surface area contributed by atoms with Gasteiger partial charge in [-0.25, -0.2) is 4.98 Å². The third-order valence-electron chi connectivity index (χ3n) is 2.42. The SMILES string of the molecule is O=C(Nc1ccc(I)cn1)c1cccc(C(F)(F)F)c1. The Balaban J connectivity index is 2.19. The predicted molar refractivity (Wildman–Crippen MR) is 76.4 cm³/mol. The number of hydrogen-bond acceptors (Lipinski definition) is 2. The molecular weight excluding hydrogens is 384 g/mol. The first kappa shape index (κ1) is 14.8. The molecule has 1 aromatic carbocycles. The monoisotopic (exact) mass is 392 g/mol. The van der Waals surface area contributed by atoms with Gasteiger partial charge in [-0.2, -0.15) is 13.2 Å². The van der Waals surface area contributed by atoms with Crippen molar-refractivity contribution >= 4 is 34.3 Å². The van der Waals surface area contributed by atoms with Crippen LogP contribution in [0.1, 0.15) is 15.9 Å². The Bertz CT molecular complexity index is 626. The molecule has 1 amide bonds. The van der Waals surface area contributed by atoms with E-state index in [0.717, 1.165) is 15.7 Å². The zero-order chi connectivity index (χ0) is 14.8. The summed E-state index contributed by atoms with van der Waals surface area (Å²) in [7, 11) is 0. The Morgan fingerprint density at radius 2 is 1.95 bits per heavy atom. The van der Waals surface area contributed by atoms with Crippen molar-refractivity contribution in [2.75, 3.05) is 5.32 Å². The molecule has 7 heteroatoms. The van der Waals surface area contributed by atoms with Gasteiger partial charge in [-0.3, -0.25) is 4.79 Å². The number of benzene rings is 1. The lowest BCUT2D eigenvalue weighted by Crippen LogP contribution is -2.14. The van der Waals surface area contributed by atoms with E-state index in [-0.39, 0.29) is 11.4 Å². The maximum Gasteiger partial charge on any atom is 0.416 e. The molecule has 1 N–H and O–H groups in total. The first-order valence-corrected chi connectivity index (χ1v) is 6.54. The van der Waals surface area contributed by atoms with Crippen LogP contribution in [0.4, 0.5) is 19.0 Å². The van der Waals surface area contributed by atoms with E-state index in [2.05, 4.69) is 32.9 Å². The minimum absolute atomic E-state index is 0.0693. The number of carbonyl (C=O) groups is 1. The largest absolute Gasteiger partial charge is 0.416 e. The number of nitrogens with zero attached hydrogens (tertiary/aromatic N) is 1. The minimum atomic E-state index is -4.47. The number of amides is 1. The van der Waals surface area contributed by atoms with Crippen LogP contribution in [0.5, 0.6) is 0 Å². The third kappa shape index (κ3) is 3.69. The molecule has 0 fully saturated rings. The van der Waals surface area contributed by atoms with Gasteiger partial charge in [-0.1, -0.05) is 6.07 Å². The van der Waals surface area contributed by atoms with Crippen LogP contribution < -0.4 is 5.32 Å². The molecule has 0 aliphatic rings. The third-order valence-corrected chi connectivity index (χ3v) is 3.06. The second kappa shape index (κ2) is 5.78. The topological polar surface area (TPSA) is 42.0 Å². The number of anilines is 1. The summed E-state index contributed by atoms with van der Waals surface area (Å²) < 4.78 is 38.6. The van der Waals surface area contributed by atoms with Crippen molar-refractivity contribution < 1.29 is 18.0 Å². The van der Waals surface area contributed by atoms with Crippen LogP contribution in [0.15, 0.2) is 42.6 Å². The summed E-state index contributed by atoms with van der Waals surface area (Å²) in [6.07, 6.45) is -2.93. The van der Waals surface area contributed by atoms with E-state index < -0.39 is 17.6 Å². The summed E-state index contributed by atoms with van der Waals surface area (Å²) in [5.74, 6) is -0.349. The average molecular weight is 392 g/mol. The number of rotatable bonds is 2. The zero-order valence-electron chi connectivity index (χ0n) is 9.91. The van der Waals surface area contributed by atoms with Gasteiger partial charge >= 0.3 is 6.18 Å². The normalized spacial score (nSPS) is 11.2. The Hall–Kier alpha value is -1.64. The van der Waals surface area contributed by atoms with E-state index in [4.69, 9.17) is 0 Å². The van der Waals surface area contributed by atoms with Crippen molar-refractivity contribution in [1.82, 2.24) is 4.98 Å².